The Kier molecular flexibility index (Phi) is 5.92. The highest BCUT2D eigenvalue weighted by molar-refractivity contribution is 7.93. The van der Waals surface area contributed by atoms with Gasteiger partial charge < -0.3 is 9.84 Å². The van der Waals surface area contributed by atoms with E-state index in [1.165, 1.54) is 36.4 Å². The fourth-order valence-corrected chi connectivity index (χ4v) is 4.65. The van der Waals surface area contributed by atoms with Gasteiger partial charge in [-0.25, -0.2) is 13.2 Å². The van der Waals surface area contributed by atoms with Crippen molar-refractivity contribution < 1.29 is 36.2 Å². The van der Waals surface area contributed by atoms with Crippen molar-refractivity contribution in [2.45, 2.75) is 11.1 Å². The highest BCUT2D eigenvalue weighted by atomic mass is 32.2. The summed E-state index contributed by atoms with van der Waals surface area (Å²) in [5.74, 6) is -1.79. The molecule has 0 heterocycles. The van der Waals surface area contributed by atoms with Gasteiger partial charge in [0, 0.05) is 5.39 Å². The van der Waals surface area contributed by atoms with Crippen LogP contribution in [-0.2, 0) is 16.2 Å². The van der Waals surface area contributed by atoms with E-state index in [-0.39, 0.29) is 22.0 Å². The molecular formula is C24H16F3NO5S. The summed E-state index contributed by atoms with van der Waals surface area (Å²) in [6, 6.07) is 18.9. The third-order valence-corrected chi connectivity index (χ3v) is 6.35. The zero-order valence-electron chi connectivity index (χ0n) is 17.2. The minimum absolute atomic E-state index is 0.139. The van der Waals surface area contributed by atoms with Gasteiger partial charge in [0.2, 0.25) is 0 Å². The van der Waals surface area contributed by atoms with Crippen LogP contribution < -0.4 is 9.46 Å². The van der Waals surface area contributed by atoms with Crippen molar-refractivity contribution in [3.63, 3.8) is 0 Å². The number of carbonyl (C=O) groups is 1. The number of fused-ring (bicyclic) bond motifs is 1. The Bertz CT molecular complexity index is 1500. The van der Waals surface area contributed by atoms with Crippen molar-refractivity contribution in [1.82, 2.24) is 0 Å². The van der Waals surface area contributed by atoms with E-state index in [1.54, 1.807) is 30.3 Å². The lowest BCUT2D eigenvalue weighted by Crippen LogP contribution is -2.15. The predicted molar refractivity (Wildman–Crippen MR) is 120 cm³/mol. The SMILES string of the molecule is O=C(O)c1ccccc1Oc1ccc(C(F)(F)F)cc1NS(=O)(=O)c1cccc2ccccc12. The number of benzene rings is 4. The van der Waals surface area contributed by atoms with Crippen LogP contribution in [0.25, 0.3) is 10.8 Å². The fourth-order valence-electron chi connectivity index (χ4n) is 3.36. The van der Waals surface area contributed by atoms with Crippen molar-refractivity contribution in [2.24, 2.45) is 0 Å². The van der Waals surface area contributed by atoms with Crippen molar-refractivity contribution in [2.75, 3.05) is 4.72 Å². The second-order valence-electron chi connectivity index (χ2n) is 7.19. The summed E-state index contributed by atoms with van der Waals surface area (Å²) in [4.78, 5) is 11.3. The Balaban J connectivity index is 1.82. The number of ether oxygens (including phenoxy) is 1. The van der Waals surface area contributed by atoms with Gasteiger partial charge in [0.25, 0.3) is 10.0 Å². The molecule has 2 N–H and O–H groups in total. The minimum atomic E-state index is -4.75. The van der Waals surface area contributed by atoms with Crippen LogP contribution in [0.3, 0.4) is 0 Å². The van der Waals surface area contributed by atoms with E-state index in [0.29, 0.717) is 22.9 Å². The Morgan fingerprint density at radius 2 is 1.53 bits per heavy atom. The van der Waals surface area contributed by atoms with Crippen LogP contribution in [0.5, 0.6) is 11.5 Å². The van der Waals surface area contributed by atoms with Gasteiger partial charge in [0.1, 0.15) is 11.3 Å². The Morgan fingerprint density at radius 3 is 2.26 bits per heavy atom. The number of carboxylic acid groups (broad SMARTS) is 1. The monoisotopic (exact) mass is 487 g/mol. The molecule has 0 radical (unpaired) electrons. The number of sulfonamides is 1. The first kappa shape index (κ1) is 23.1. The molecule has 4 rings (SSSR count). The van der Waals surface area contributed by atoms with Gasteiger partial charge in [-0.3, -0.25) is 4.72 Å². The lowest BCUT2D eigenvalue weighted by atomic mass is 10.1. The number of alkyl halides is 3. The van der Waals surface area contributed by atoms with E-state index >= 15 is 0 Å². The van der Waals surface area contributed by atoms with E-state index in [2.05, 4.69) is 4.72 Å². The fraction of sp³-hybridized carbons (Fsp3) is 0.0417. The molecule has 0 saturated heterocycles. The van der Waals surface area contributed by atoms with E-state index in [9.17, 15) is 31.5 Å². The maximum absolute atomic E-state index is 13.4. The first-order chi connectivity index (χ1) is 16.1. The molecule has 34 heavy (non-hydrogen) atoms. The van der Waals surface area contributed by atoms with Gasteiger partial charge in [-0.2, -0.15) is 13.2 Å². The number of halogens is 3. The summed E-state index contributed by atoms with van der Waals surface area (Å²) in [6.07, 6.45) is -4.75. The molecule has 0 saturated carbocycles. The number of hydrogen-bond donors (Lipinski definition) is 2. The third-order valence-electron chi connectivity index (χ3n) is 4.93. The largest absolute Gasteiger partial charge is 0.478 e. The van der Waals surface area contributed by atoms with Crippen LogP contribution in [-0.4, -0.2) is 19.5 Å². The molecule has 4 aromatic carbocycles. The van der Waals surface area contributed by atoms with Gasteiger partial charge >= 0.3 is 12.1 Å². The molecule has 0 spiro atoms. The number of hydrogen-bond acceptors (Lipinski definition) is 4. The van der Waals surface area contributed by atoms with Crippen LogP contribution >= 0.6 is 0 Å². The van der Waals surface area contributed by atoms with Crippen LogP contribution in [0.15, 0.2) is 89.8 Å². The molecule has 0 aromatic heterocycles. The molecule has 0 fully saturated rings. The molecule has 6 nitrogen and oxygen atoms in total. The van der Waals surface area contributed by atoms with Crippen molar-refractivity contribution >= 4 is 32.5 Å². The van der Waals surface area contributed by atoms with Crippen LogP contribution in [0.4, 0.5) is 18.9 Å². The molecule has 0 aliphatic carbocycles. The summed E-state index contributed by atoms with van der Waals surface area (Å²) in [5, 5.41) is 10.4. The van der Waals surface area contributed by atoms with Crippen molar-refractivity contribution in [3.05, 3.63) is 96.1 Å². The smallest absolute Gasteiger partial charge is 0.416 e. The van der Waals surface area contributed by atoms with E-state index < -0.39 is 33.4 Å². The molecule has 0 bridgehead atoms. The molecule has 0 amide bonds. The van der Waals surface area contributed by atoms with E-state index in [1.807, 2.05) is 0 Å². The Labute approximate surface area is 192 Å². The van der Waals surface area contributed by atoms with Gasteiger partial charge in [0.15, 0.2) is 5.75 Å². The number of anilines is 1. The molecule has 174 valence electrons. The number of aromatic carboxylic acids is 1. The predicted octanol–water partition coefficient (Wildman–Crippen LogP) is 6.15. The topological polar surface area (TPSA) is 92.7 Å². The lowest BCUT2D eigenvalue weighted by molar-refractivity contribution is -0.137. The average molecular weight is 487 g/mol. The van der Waals surface area contributed by atoms with Gasteiger partial charge in [-0.15, -0.1) is 0 Å². The van der Waals surface area contributed by atoms with Crippen LogP contribution in [0, 0.1) is 0 Å². The van der Waals surface area contributed by atoms with Gasteiger partial charge in [-0.05, 0) is 41.8 Å². The highest BCUT2D eigenvalue weighted by Gasteiger charge is 2.32. The molecule has 10 heteroatoms. The zero-order valence-corrected chi connectivity index (χ0v) is 18.0. The van der Waals surface area contributed by atoms with Crippen molar-refractivity contribution in [1.29, 1.82) is 0 Å². The quantitative estimate of drug-likeness (QED) is 0.340. The molecule has 4 aromatic rings. The van der Waals surface area contributed by atoms with E-state index in [4.69, 9.17) is 4.74 Å². The maximum atomic E-state index is 13.4. The van der Waals surface area contributed by atoms with Crippen molar-refractivity contribution in [3.8, 4) is 11.5 Å². The first-order valence-corrected chi connectivity index (χ1v) is 11.3. The normalized spacial score (nSPS) is 11.9. The van der Waals surface area contributed by atoms with Gasteiger partial charge in [0.05, 0.1) is 16.1 Å². The summed E-state index contributed by atoms with van der Waals surface area (Å²) in [5.41, 5.74) is -1.85. The maximum Gasteiger partial charge on any atom is 0.416 e. The Morgan fingerprint density at radius 1 is 0.853 bits per heavy atom. The van der Waals surface area contributed by atoms with Crippen LogP contribution in [0.2, 0.25) is 0 Å². The summed E-state index contributed by atoms with van der Waals surface area (Å²) in [7, 11) is -4.36. The summed E-state index contributed by atoms with van der Waals surface area (Å²) < 4.78 is 74.3. The molecule has 0 aliphatic heterocycles. The highest BCUT2D eigenvalue weighted by Crippen LogP contribution is 2.39. The van der Waals surface area contributed by atoms with Gasteiger partial charge in [-0.1, -0.05) is 48.5 Å². The third kappa shape index (κ3) is 4.67. The molecule has 0 aliphatic rings. The molecule has 0 unspecified atom stereocenters. The van der Waals surface area contributed by atoms with E-state index in [0.717, 1.165) is 6.07 Å². The number of carboxylic acids is 1. The first-order valence-electron chi connectivity index (χ1n) is 9.78. The number of nitrogens with one attached hydrogen (secondary N) is 1. The second-order valence-corrected chi connectivity index (χ2v) is 8.85. The second kappa shape index (κ2) is 8.71. The zero-order chi connectivity index (χ0) is 24.5. The lowest BCUT2D eigenvalue weighted by Gasteiger charge is -2.17. The summed E-state index contributed by atoms with van der Waals surface area (Å²) >= 11 is 0. The van der Waals surface area contributed by atoms with Crippen LogP contribution in [0.1, 0.15) is 15.9 Å². The average Bonchev–Trinajstić information content (AvgIpc) is 2.79. The minimum Gasteiger partial charge on any atom is -0.478 e. The standard InChI is InChI=1S/C24H16F3NO5S/c25-24(26,27)16-12-13-21(33-20-10-4-3-9-18(20)23(29)30)19(14-16)28-34(31,32)22-11-5-7-15-6-1-2-8-17(15)22/h1-14,28H,(H,29,30). The molecular weight excluding hydrogens is 471 g/mol. The molecule has 0 atom stereocenters. The summed E-state index contributed by atoms with van der Waals surface area (Å²) in [6.45, 7) is 0. The number of para-hydroxylation sites is 1. The number of rotatable bonds is 6. The Hall–Kier alpha value is -4.05.